The molecule has 0 aliphatic heterocycles. The van der Waals surface area contributed by atoms with Gasteiger partial charge in [0.15, 0.2) is 0 Å². The van der Waals surface area contributed by atoms with E-state index in [0.717, 1.165) is 12.3 Å². The summed E-state index contributed by atoms with van der Waals surface area (Å²) in [5, 5.41) is 0. The molecule has 1 atom stereocenters. The van der Waals surface area contributed by atoms with Crippen molar-refractivity contribution in [2.24, 2.45) is 5.92 Å². The van der Waals surface area contributed by atoms with E-state index in [1.165, 1.54) is 103 Å². The monoisotopic (exact) mass is 295 g/mol. The van der Waals surface area contributed by atoms with Gasteiger partial charge in [-0.15, -0.1) is 0 Å². The van der Waals surface area contributed by atoms with E-state index in [2.05, 4.69) is 20.8 Å². The maximum Gasteiger partial charge on any atom is -0.0443 e. The molecule has 0 aromatic rings. The highest BCUT2D eigenvalue weighted by molar-refractivity contribution is 4.55. The summed E-state index contributed by atoms with van der Waals surface area (Å²) in [6.07, 6.45) is 24.2. The Morgan fingerprint density at radius 3 is 1.38 bits per heavy atom. The first kappa shape index (κ1) is 21.0. The topological polar surface area (TPSA) is 0 Å². The van der Waals surface area contributed by atoms with Gasteiger partial charge < -0.3 is 0 Å². The molecule has 0 aromatic heterocycles. The molecule has 0 N–H and O–H groups in total. The van der Waals surface area contributed by atoms with E-state index >= 15 is 0 Å². The van der Waals surface area contributed by atoms with Crippen molar-refractivity contribution in [3.63, 3.8) is 0 Å². The highest BCUT2D eigenvalue weighted by atomic mass is 14.1. The largest absolute Gasteiger partial charge is 0.0654 e. The summed E-state index contributed by atoms with van der Waals surface area (Å²) in [6, 6.07) is 0. The molecule has 0 fully saturated rings. The Balaban J connectivity index is 3.07. The lowest BCUT2D eigenvalue weighted by atomic mass is 9.96. The molecule has 0 bridgehead atoms. The molecule has 21 heavy (non-hydrogen) atoms. The smallest absolute Gasteiger partial charge is 0.0443 e. The van der Waals surface area contributed by atoms with Gasteiger partial charge in [0.1, 0.15) is 0 Å². The summed E-state index contributed by atoms with van der Waals surface area (Å²) < 4.78 is 0. The van der Waals surface area contributed by atoms with Crippen LogP contribution in [0, 0.1) is 12.8 Å². The SMILES string of the molecule is [CH2]CCCCCCCCCCCCC(C)CCCCCC. The Hall–Kier alpha value is 0. The summed E-state index contributed by atoms with van der Waals surface area (Å²) >= 11 is 0. The van der Waals surface area contributed by atoms with E-state index in [1.807, 2.05) is 0 Å². The average Bonchev–Trinajstić information content (AvgIpc) is 2.49. The molecule has 1 unspecified atom stereocenters. The van der Waals surface area contributed by atoms with Gasteiger partial charge in [0.05, 0.1) is 0 Å². The Bertz CT molecular complexity index is 173. The van der Waals surface area contributed by atoms with Crippen molar-refractivity contribution in [3.05, 3.63) is 6.92 Å². The van der Waals surface area contributed by atoms with Crippen molar-refractivity contribution in [2.75, 3.05) is 0 Å². The quantitative estimate of drug-likeness (QED) is 0.238. The molecule has 0 heteroatoms. The molecule has 0 aliphatic carbocycles. The summed E-state index contributed by atoms with van der Waals surface area (Å²) in [7, 11) is 0. The molecule has 0 heterocycles. The number of unbranched alkanes of at least 4 members (excludes halogenated alkanes) is 13. The van der Waals surface area contributed by atoms with E-state index in [4.69, 9.17) is 0 Å². The maximum atomic E-state index is 3.90. The van der Waals surface area contributed by atoms with Gasteiger partial charge in [-0.1, -0.05) is 130 Å². The summed E-state index contributed by atoms with van der Waals surface area (Å²) in [6.45, 7) is 8.65. The van der Waals surface area contributed by atoms with Gasteiger partial charge in [-0.2, -0.15) is 0 Å². The predicted molar refractivity (Wildman–Crippen MR) is 98.7 cm³/mol. The van der Waals surface area contributed by atoms with Crippen LogP contribution in [0.25, 0.3) is 0 Å². The van der Waals surface area contributed by atoms with Gasteiger partial charge in [-0.05, 0) is 5.92 Å². The zero-order chi connectivity index (χ0) is 15.6. The molecular formula is C21H43. The number of hydrogen-bond acceptors (Lipinski definition) is 0. The van der Waals surface area contributed by atoms with Gasteiger partial charge in [0.25, 0.3) is 0 Å². The third-order valence-electron chi connectivity index (χ3n) is 4.75. The zero-order valence-corrected chi connectivity index (χ0v) is 15.3. The summed E-state index contributed by atoms with van der Waals surface area (Å²) in [5.74, 6) is 0.968. The fourth-order valence-corrected chi connectivity index (χ4v) is 3.15. The lowest BCUT2D eigenvalue weighted by molar-refractivity contribution is 0.433. The molecule has 0 rings (SSSR count). The first-order valence-corrected chi connectivity index (χ1v) is 10.1. The molecule has 0 nitrogen and oxygen atoms in total. The lowest BCUT2D eigenvalue weighted by Crippen LogP contribution is -1.95. The first-order valence-electron chi connectivity index (χ1n) is 10.1. The molecule has 0 saturated heterocycles. The average molecular weight is 296 g/mol. The van der Waals surface area contributed by atoms with Gasteiger partial charge >= 0.3 is 0 Å². The Labute approximate surface area is 136 Å². The molecule has 0 aliphatic rings. The Morgan fingerprint density at radius 2 is 0.952 bits per heavy atom. The van der Waals surface area contributed by atoms with E-state index in [1.54, 1.807) is 0 Å². The van der Waals surface area contributed by atoms with E-state index in [9.17, 15) is 0 Å². The van der Waals surface area contributed by atoms with Crippen molar-refractivity contribution >= 4 is 0 Å². The van der Waals surface area contributed by atoms with Crippen molar-refractivity contribution in [3.8, 4) is 0 Å². The van der Waals surface area contributed by atoms with Crippen LogP contribution in [-0.4, -0.2) is 0 Å². The molecule has 0 aromatic carbocycles. The number of rotatable bonds is 17. The van der Waals surface area contributed by atoms with Crippen molar-refractivity contribution in [2.45, 2.75) is 123 Å². The summed E-state index contributed by atoms with van der Waals surface area (Å²) in [4.78, 5) is 0. The van der Waals surface area contributed by atoms with Crippen LogP contribution >= 0.6 is 0 Å². The first-order chi connectivity index (χ1) is 10.3. The van der Waals surface area contributed by atoms with Crippen LogP contribution in [0.1, 0.15) is 123 Å². The van der Waals surface area contributed by atoms with Crippen LogP contribution in [0.5, 0.6) is 0 Å². The third kappa shape index (κ3) is 18.0. The van der Waals surface area contributed by atoms with Crippen molar-refractivity contribution in [1.82, 2.24) is 0 Å². The van der Waals surface area contributed by atoms with Crippen LogP contribution in [0.15, 0.2) is 0 Å². The van der Waals surface area contributed by atoms with Gasteiger partial charge in [0.2, 0.25) is 0 Å². The second-order valence-corrected chi connectivity index (χ2v) is 7.13. The van der Waals surface area contributed by atoms with Crippen LogP contribution in [0.2, 0.25) is 0 Å². The molecule has 0 spiro atoms. The van der Waals surface area contributed by atoms with Crippen molar-refractivity contribution < 1.29 is 0 Å². The zero-order valence-electron chi connectivity index (χ0n) is 15.3. The third-order valence-corrected chi connectivity index (χ3v) is 4.75. The fraction of sp³-hybridized carbons (Fsp3) is 0.952. The maximum absolute atomic E-state index is 3.90. The molecular weight excluding hydrogens is 252 g/mol. The Morgan fingerprint density at radius 1 is 0.571 bits per heavy atom. The molecule has 0 saturated carbocycles. The van der Waals surface area contributed by atoms with Gasteiger partial charge in [0, 0.05) is 0 Å². The highest BCUT2D eigenvalue weighted by Crippen LogP contribution is 2.18. The van der Waals surface area contributed by atoms with Crippen LogP contribution < -0.4 is 0 Å². The van der Waals surface area contributed by atoms with Crippen molar-refractivity contribution in [1.29, 1.82) is 0 Å². The van der Waals surface area contributed by atoms with E-state index in [0.29, 0.717) is 0 Å². The Kier molecular flexibility index (Phi) is 18.1. The lowest BCUT2D eigenvalue weighted by Gasteiger charge is -2.10. The second-order valence-electron chi connectivity index (χ2n) is 7.13. The molecule has 1 radical (unpaired) electrons. The fourth-order valence-electron chi connectivity index (χ4n) is 3.15. The molecule has 127 valence electrons. The van der Waals surface area contributed by atoms with Gasteiger partial charge in [-0.25, -0.2) is 0 Å². The minimum Gasteiger partial charge on any atom is -0.0654 e. The number of hydrogen-bond donors (Lipinski definition) is 0. The van der Waals surface area contributed by atoms with Crippen LogP contribution in [0.4, 0.5) is 0 Å². The van der Waals surface area contributed by atoms with Gasteiger partial charge in [-0.3, -0.25) is 0 Å². The van der Waals surface area contributed by atoms with E-state index in [-0.39, 0.29) is 0 Å². The predicted octanol–water partition coefficient (Wildman–Crippen LogP) is 8.11. The normalized spacial score (nSPS) is 12.7. The van der Waals surface area contributed by atoms with Crippen LogP contribution in [0.3, 0.4) is 0 Å². The minimum absolute atomic E-state index is 0.968. The minimum atomic E-state index is 0.968. The van der Waals surface area contributed by atoms with E-state index < -0.39 is 0 Å². The standard InChI is InChI=1S/C21H43/c1-4-6-8-10-11-12-13-14-15-16-18-20-21(3)19-17-9-7-5-2/h21H,1,4-20H2,2-3H3. The second kappa shape index (κ2) is 18.1. The molecule has 0 amide bonds. The van der Waals surface area contributed by atoms with Crippen LogP contribution in [-0.2, 0) is 0 Å². The highest BCUT2D eigenvalue weighted by Gasteiger charge is 2.01. The summed E-state index contributed by atoms with van der Waals surface area (Å²) in [5.41, 5.74) is 0.